The molecule has 2 rings (SSSR count). The predicted octanol–water partition coefficient (Wildman–Crippen LogP) is 3.43. The zero-order valence-corrected chi connectivity index (χ0v) is 17.6. The van der Waals surface area contributed by atoms with Crippen LogP contribution in [0.15, 0.2) is 18.2 Å². The Morgan fingerprint density at radius 1 is 1.30 bits per heavy atom. The molecule has 0 amide bonds. The molecule has 6 heteroatoms. The summed E-state index contributed by atoms with van der Waals surface area (Å²) in [5.41, 5.74) is 7.25. The number of halogens is 1. The molecule has 1 atom stereocenters. The van der Waals surface area contributed by atoms with Gasteiger partial charge in [0.1, 0.15) is 18.5 Å². The smallest absolute Gasteiger partial charge is 0.180 e. The van der Waals surface area contributed by atoms with Gasteiger partial charge in [0, 0.05) is 12.1 Å². The summed E-state index contributed by atoms with van der Waals surface area (Å²) >= 11 is 0. The number of β-amino-alcohol motifs (C(OH)–C–C–N with tert-alkyl or cyclic N) is 1. The van der Waals surface area contributed by atoms with Crippen molar-refractivity contribution in [3.05, 3.63) is 29.3 Å². The van der Waals surface area contributed by atoms with Crippen LogP contribution in [-0.2, 0) is 0 Å². The quantitative estimate of drug-likeness (QED) is 0.584. The Morgan fingerprint density at radius 2 is 1.96 bits per heavy atom. The van der Waals surface area contributed by atoms with Crippen molar-refractivity contribution in [3.63, 3.8) is 0 Å². The van der Waals surface area contributed by atoms with Crippen LogP contribution in [0.2, 0.25) is 0 Å². The van der Waals surface area contributed by atoms with E-state index in [0.29, 0.717) is 23.8 Å². The van der Waals surface area contributed by atoms with Crippen LogP contribution in [0, 0.1) is 0 Å². The third kappa shape index (κ3) is 7.78. The maximum Gasteiger partial charge on any atom is 0.180 e. The summed E-state index contributed by atoms with van der Waals surface area (Å²) in [6.07, 6.45) is 5.49. The van der Waals surface area contributed by atoms with E-state index < -0.39 is 6.10 Å². The first-order valence-electron chi connectivity index (χ1n) is 9.73. The number of aliphatic hydroxyl groups is 1. The van der Waals surface area contributed by atoms with Crippen LogP contribution in [0.1, 0.15) is 74.7 Å². The Bertz CT molecular complexity index is 596. The number of ether oxygens (including phenoxy) is 1. The number of carbonyl (C=O) groups is 1. The number of Topliss-reactive ketones (excluding diaryl/α,β-unsaturated/α-hetero) is 1. The molecule has 1 aromatic rings. The van der Waals surface area contributed by atoms with Crippen molar-refractivity contribution in [1.29, 1.82) is 0 Å². The van der Waals surface area contributed by atoms with E-state index in [-0.39, 0.29) is 36.9 Å². The summed E-state index contributed by atoms with van der Waals surface area (Å²) in [6, 6.07) is 5.86. The molecule has 27 heavy (non-hydrogen) atoms. The van der Waals surface area contributed by atoms with Crippen molar-refractivity contribution in [1.82, 2.24) is 5.32 Å². The molecule has 4 N–H and O–H groups in total. The van der Waals surface area contributed by atoms with Crippen LogP contribution in [0.3, 0.4) is 0 Å². The van der Waals surface area contributed by atoms with Gasteiger partial charge < -0.3 is 20.9 Å². The summed E-state index contributed by atoms with van der Waals surface area (Å²) in [5, 5.41) is 13.4. The fourth-order valence-electron chi connectivity index (χ4n) is 3.36. The van der Waals surface area contributed by atoms with Gasteiger partial charge in [0.25, 0.3) is 0 Å². The molecular formula is C21H35ClN2O3. The number of hydrogen-bond acceptors (Lipinski definition) is 5. The Hall–Kier alpha value is -1.14. The molecule has 0 saturated heterocycles. The molecule has 0 aliphatic heterocycles. The van der Waals surface area contributed by atoms with Crippen LogP contribution in [0.4, 0.5) is 0 Å². The summed E-state index contributed by atoms with van der Waals surface area (Å²) in [6.45, 7) is 6.66. The Kier molecular flexibility index (Phi) is 9.74. The van der Waals surface area contributed by atoms with Gasteiger partial charge in [-0.15, -0.1) is 12.4 Å². The molecule has 1 fully saturated rings. The Morgan fingerprint density at radius 3 is 2.56 bits per heavy atom. The summed E-state index contributed by atoms with van der Waals surface area (Å²) in [5.74, 6) is 0.901. The molecule has 5 nitrogen and oxygen atoms in total. The highest BCUT2D eigenvalue weighted by Gasteiger charge is 2.20. The minimum Gasteiger partial charge on any atom is -0.490 e. The highest BCUT2D eigenvalue weighted by molar-refractivity contribution is 6.00. The lowest BCUT2D eigenvalue weighted by Gasteiger charge is -2.24. The zero-order chi connectivity index (χ0) is 19.2. The van der Waals surface area contributed by atoms with Crippen LogP contribution < -0.4 is 15.8 Å². The van der Waals surface area contributed by atoms with Crippen LogP contribution in [-0.4, -0.2) is 42.2 Å². The molecule has 0 aromatic heterocycles. The van der Waals surface area contributed by atoms with E-state index in [2.05, 4.69) is 11.4 Å². The van der Waals surface area contributed by atoms with Crippen molar-refractivity contribution < 1.29 is 14.6 Å². The predicted molar refractivity (Wildman–Crippen MR) is 112 cm³/mol. The second-order valence-corrected chi connectivity index (χ2v) is 8.31. The van der Waals surface area contributed by atoms with Gasteiger partial charge in [0.05, 0.1) is 12.1 Å². The largest absolute Gasteiger partial charge is 0.490 e. The van der Waals surface area contributed by atoms with Crippen molar-refractivity contribution in [2.75, 3.05) is 19.7 Å². The molecule has 1 aliphatic carbocycles. The Labute approximate surface area is 169 Å². The second-order valence-electron chi connectivity index (χ2n) is 8.31. The molecule has 154 valence electrons. The van der Waals surface area contributed by atoms with Crippen LogP contribution >= 0.6 is 12.4 Å². The molecule has 1 unspecified atom stereocenters. The normalized spacial score (nSPS) is 16.5. The molecule has 1 aliphatic rings. The van der Waals surface area contributed by atoms with Gasteiger partial charge >= 0.3 is 0 Å². The number of aliphatic hydroxyl groups excluding tert-OH is 1. The topological polar surface area (TPSA) is 84.6 Å². The van der Waals surface area contributed by atoms with Gasteiger partial charge in [-0.1, -0.05) is 25.3 Å². The SMILES string of the molecule is CC(C)(C)NCC(O)COc1ccc(C2CCCCC2)cc1C(=O)CN.Cl. The Balaban J connectivity index is 0.00000364. The van der Waals surface area contributed by atoms with Crippen molar-refractivity contribution in [2.24, 2.45) is 5.73 Å². The van der Waals surface area contributed by atoms with E-state index in [1.165, 1.54) is 37.7 Å². The monoisotopic (exact) mass is 398 g/mol. The first kappa shape index (κ1) is 23.9. The average Bonchev–Trinajstić information content (AvgIpc) is 2.64. The van der Waals surface area contributed by atoms with E-state index >= 15 is 0 Å². The summed E-state index contributed by atoms with van der Waals surface area (Å²) < 4.78 is 5.76. The van der Waals surface area contributed by atoms with Gasteiger partial charge in [-0.2, -0.15) is 0 Å². The zero-order valence-electron chi connectivity index (χ0n) is 16.8. The van der Waals surface area contributed by atoms with Gasteiger partial charge in [0.2, 0.25) is 0 Å². The van der Waals surface area contributed by atoms with E-state index in [1.54, 1.807) is 0 Å². The molecule has 0 spiro atoms. The number of rotatable bonds is 8. The molecule has 0 radical (unpaired) electrons. The van der Waals surface area contributed by atoms with E-state index in [1.807, 2.05) is 32.9 Å². The van der Waals surface area contributed by atoms with E-state index in [9.17, 15) is 9.90 Å². The highest BCUT2D eigenvalue weighted by atomic mass is 35.5. The number of hydrogen-bond donors (Lipinski definition) is 3. The molecule has 0 bridgehead atoms. The van der Waals surface area contributed by atoms with Crippen molar-refractivity contribution in [2.45, 2.75) is 70.4 Å². The summed E-state index contributed by atoms with van der Waals surface area (Å²) in [7, 11) is 0. The van der Waals surface area contributed by atoms with Gasteiger partial charge in [-0.3, -0.25) is 4.79 Å². The standard InChI is InChI=1S/C21H34N2O3.ClH/c1-21(2,3)23-13-17(24)14-26-20-10-9-16(11-18(20)19(25)12-22)15-7-5-4-6-8-15;/h9-11,15,17,23-24H,4-8,12-14,22H2,1-3H3;1H. The first-order valence-corrected chi connectivity index (χ1v) is 9.73. The molecule has 1 saturated carbocycles. The lowest BCUT2D eigenvalue weighted by Crippen LogP contribution is -2.42. The minimum absolute atomic E-state index is 0. The fraction of sp³-hybridized carbons (Fsp3) is 0.667. The number of nitrogens with two attached hydrogens (primary N) is 1. The third-order valence-electron chi connectivity index (χ3n) is 4.87. The van der Waals surface area contributed by atoms with Crippen LogP contribution in [0.5, 0.6) is 5.75 Å². The second kappa shape index (κ2) is 11.0. The maximum absolute atomic E-state index is 12.3. The van der Waals surface area contributed by atoms with E-state index in [4.69, 9.17) is 10.5 Å². The van der Waals surface area contributed by atoms with Gasteiger partial charge in [0.15, 0.2) is 5.78 Å². The number of nitrogens with one attached hydrogen (secondary N) is 1. The lowest BCUT2D eigenvalue weighted by molar-refractivity contribution is 0.0944. The summed E-state index contributed by atoms with van der Waals surface area (Å²) in [4.78, 5) is 12.3. The third-order valence-corrected chi connectivity index (χ3v) is 4.87. The highest BCUT2D eigenvalue weighted by Crippen LogP contribution is 2.34. The fourth-order valence-corrected chi connectivity index (χ4v) is 3.36. The van der Waals surface area contributed by atoms with E-state index in [0.717, 1.165) is 0 Å². The van der Waals surface area contributed by atoms with Crippen molar-refractivity contribution >= 4 is 18.2 Å². The number of ketones is 1. The van der Waals surface area contributed by atoms with Gasteiger partial charge in [-0.25, -0.2) is 0 Å². The number of benzene rings is 1. The lowest BCUT2D eigenvalue weighted by atomic mass is 9.83. The van der Waals surface area contributed by atoms with Gasteiger partial charge in [-0.05, 0) is 57.2 Å². The maximum atomic E-state index is 12.3. The van der Waals surface area contributed by atoms with Crippen molar-refractivity contribution in [3.8, 4) is 5.75 Å². The molecule has 1 aromatic carbocycles. The molecule has 0 heterocycles. The van der Waals surface area contributed by atoms with Crippen LogP contribution in [0.25, 0.3) is 0 Å². The molecular weight excluding hydrogens is 364 g/mol. The first-order chi connectivity index (χ1) is 12.3. The average molecular weight is 399 g/mol. The number of carbonyl (C=O) groups excluding carboxylic acids is 1. The minimum atomic E-state index is -0.645.